The molecule has 6 heteroatoms. The third-order valence-electron chi connectivity index (χ3n) is 4.63. The van der Waals surface area contributed by atoms with Crippen LogP contribution in [0.25, 0.3) is 0 Å². The molecule has 0 unspecified atom stereocenters. The van der Waals surface area contributed by atoms with Crippen molar-refractivity contribution >= 4 is 40.5 Å². The molecule has 0 saturated carbocycles. The van der Waals surface area contributed by atoms with Crippen molar-refractivity contribution in [2.45, 2.75) is 46.1 Å². The average molecular weight is 382 g/mol. The van der Waals surface area contributed by atoms with Gasteiger partial charge in [-0.05, 0) is 55.6 Å². The maximum absolute atomic E-state index is 11.6. The Morgan fingerprint density at radius 1 is 1.40 bits per heavy atom. The predicted octanol–water partition coefficient (Wildman–Crippen LogP) is 4.40. The number of benzene rings is 1. The second kappa shape index (κ2) is 9.39. The molecule has 0 bridgehead atoms. The highest BCUT2D eigenvalue weighted by molar-refractivity contribution is 7.80. The Hall–Kier alpha value is -1.33. The smallest absolute Gasteiger partial charge is 0.219 e. The van der Waals surface area contributed by atoms with Crippen LogP contribution in [-0.2, 0) is 4.79 Å². The van der Waals surface area contributed by atoms with E-state index < -0.39 is 0 Å². The lowest BCUT2D eigenvalue weighted by Crippen LogP contribution is -2.50. The van der Waals surface area contributed by atoms with Gasteiger partial charge in [-0.15, -0.1) is 0 Å². The van der Waals surface area contributed by atoms with E-state index in [4.69, 9.17) is 23.8 Å². The minimum atomic E-state index is 0.159. The summed E-state index contributed by atoms with van der Waals surface area (Å²) in [6.45, 7) is 8.63. The van der Waals surface area contributed by atoms with Crippen LogP contribution < -0.4 is 5.32 Å². The number of nitrogens with one attached hydrogen (secondary N) is 1. The second-order valence-electron chi connectivity index (χ2n) is 7.05. The van der Waals surface area contributed by atoms with Gasteiger partial charge >= 0.3 is 0 Å². The van der Waals surface area contributed by atoms with Crippen LogP contribution in [-0.4, -0.2) is 46.5 Å². The van der Waals surface area contributed by atoms with Crippen molar-refractivity contribution < 1.29 is 4.79 Å². The quantitative estimate of drug-likeness (QED) is 0.767. The van der Waals surface area contributed by atoms with Crippen molar-refractivity contribution in [2.24, 2.45) is 5.92 Å². The highest BCUT2D eigenvalue weighted by atomic mass is 35.5. The van der Waals surface area contributed by atoms with E-state index in [-0.39, 0.29) is 5.91 Å². The molecule has 1 aliphatic rings. The number of hydrogen-bond acceptors (Lipinski definition) is 2. The molecular weight excluding hydrogens is 354 g/mol. The summed E-state index contributed by atoms with van der Waals surface area (Å²) in [5.74, 6) is 0.778. The molecule has 25 heavy (non-hydrogen) atoms. The molecule has 1 aromatic carbocycles. The second-order valence-corrected chi connectivity index (χ2v) is 7.88. The number of thiocarbonyl (C=S) groups is 1. The lowest BCUT2D eigenvalue weighted by atomic mass is 10.0. The maximum atomic E-state index is 11.6. The molecule has 2 rings (SSSR count). The van der Waals surface area contributed by atoms with Gasteiger partial charge in [0, 0.05) is 43.3 Å². The molecule has 1 saturated heterocycles. The Morgan fingerprint density at radius 2 is 2.08 bits per heavy atom. The van der Waals surface area contributed by atoms with Crippen LogP contribution in [0.2, 0.25) is 5.02 Å². The van der Waals surface area contributed by atoms with E-state index in [0.717, 1.165) is 49.7 Å². The lowest BCUT2D eigenvalue weighted by Gasteiger charge is -2.40. The summed E-state index contributed by atoms with van der Waals surface area (Å²) in [4.78, 5) is 15.8. The Labute approximate surface area is 161 Å². The van der Waals surface area contributed by atoms with E-state index in [2.05, 4.69) is 24.1 Å². The van der Waals surface area contributed by atoms with Crippen LogP contribution in [0.4, 0.5) is 5.69 Å². The largest absolute Gasteiger partial charge is 0.346 e. The van der Waals surface area contributed by atoms with Gasteiger partial charge in [0.1, 0.15) is 0 Å². The third kappa shape index (κ3) is 6.15. The topological polar surface area (TPSA) is 35.6 Å². The van der Waals surface area contributed by atoms with Crippen LogP contribution in [0.5, 0.6) is 0 Å². The van der Waals surface area contributed by atoms with Crippen LogP contribution in [0.3, 0.4) is 0 Å². The number of carbonyl (C=O) groups is 1. The molecule has 0 aliphatic carbocycles. The fourth-order valence-electron chi connectivity index (χ4n) is 3.10. The van der Waals surface area contributed by atoms with Gasteiger partial charge in [-0.3, -0.25) is 4.79 Å². The fourth-order valence-corrected chi connectivity index (χ4v) is 3.65. The zero-order chi connectivity index (χ0) is 18.4. The van der Waals surface area contributed by atoms with Crippen LogP contribution >= 0.6 is 23.8 Å². The molecule has 138 valence electrons. The summed E-state index contributed by atoms with van der Waals surface area (Å²) >= 11 is 11.8. The van der Waals surface area contributed by atoms with E-state index in [9.17, 15) is 4.79 Å². The molecule has 1 fully saturated rings. The summed E-state index contributed by atoms with van der Waals surface area (Å²) in [6.07, 6.45) is 2.99. The molecule has 4 nitrogen and oxygen atoms in total. The molecule has 0 aromatic heterocycles. The van der Waals surface area contributed by atoms with Crippen LogP contribution in [0, 0.1) is 5.92 Å². The molecule has 0 atom stereocenters. The Morgan fingerprint density at radius 3 is 2.64 bits per heavy atom. The van der Waals surface area contributed by atoms with E-state index in [0.29, 0.717) is 17.0 Å². The van der Waals surface area contributed by atoms with Crippen molar-refractivity contribution in [1.29, 1.82) is 0 Å². The Bertz CT molecular complexity index is 600. The predicted molar refractivity (Wildman–Crippen MR) is 109 cm³/mol. The van der Waals surface area contributed by atoms with Gasteiger partial charge in [0.2, 0.25) is 5.91 Å². The van der Waals surface area contributed by atoms with Crippen molar-refractivity contribution in [2.75, 3.05) is 25.0 Å². The molecule has 1 aromatic rings. The molecular formula is C19H28ClN3OS. The number of halogens is 1. The van der Waals surface area contributed by atoms with Crippen molar-refractivity contribution in [3.05, 3.63) is 29.3 Å². The normalized spacial score (nSPS) is 15.3. The average Bonchev–Trinajstić information content (AvgIpc) is 2.55. The first-order valence-electron chi connectivity index (χ1n) is 8.95. The molecule has 1 N–H and O–H groups in total. The van der Waals surface area contributed by atoms with Crippen molar-refractivity contribution in [3.8, 4) is 0 Å². The number of nitrogens with zero attached hydrogens (tertiary/aromatic N) is 2. The minimum Gasteiger partial charge on any atom is -0.346 e. The molecule has 0 radical (unpaired) electrons. The highest BCUT2D eigenvalue weighted by Crippen LogP contribution is 2.21. The third-order valence-corrected chi connectivity index (χ3v) is 5.21. The van der Waals surface area contributed by atoms with Gasteiger partial charge in [-0.2, -0.15) is 0 Å². The van der Waals surface area contributed by atoms with Gasteiger partial charge in [0.05, 0.1) is 0 Å². The van der Waals surface area contributed by atoms with Crippen LogP contribution in [0.1, 0.15) is 40.0 Å². The zero-order valence-corrected chi connectivity index (χ0v) is 16.9. The Balaban J connectivity index is 2.04. The molecule has 1 heterocycles. The molecule has 1 amide bonds. The summed E-state index contributed by atoms with van der Waals surface area (Å²) in [6, 6.07) is 7.98. The lowest BCUT2D eigenvalue weighted by molar-refractivity contribution is -0.130. The number of likely N-dealkylation sites (tertiary alicyclic amines) is 1. The van der Waals surface area contributed by atoms with Crippen molar-refractivity contribution in [1.82, 2.24) is 9.80 Å². The maximum Gasteiger partial charge on any atom is 0.219 e. The number of anilines is 1. The minimum absolute atomic E-state index is 0.159. The number of rotatable bonds is 5. The van der Waals surface area contributed by atoms with E-state index >= 15 is 0 Å². The number of piperidine rings is 1. The summed E-state index contributed by atoms with van der Waals surface area (Å²) in [5, 5.41) is 4.76. The first kappa shape index (κ1) is 20.0. The number of carbonyl (C=O) groups excluding carboxylic acids is 1. The van der Waals surface area contributed by atoms with Gasteiger partial charge in [-0.1, -0.05) is 31.5 Å². The first-order chi connectivity index (χ1) is 11.9. The van der Waals surface area contributed by atoms with Gasteiger partial charge < -0.3 is 15.1 Å². The van der Waals surface area contributed by atoms with Gasteiger partial charge in [-0.25, -0.2) is 0 Å². The fraction of sp³-hybridized carbons (Fsp3) is 0.579. The molecule has 0 spiro atoms. The van der Waals surface area contributed by atoms with Gasteiger partial charge in [0.15, 0.2) is 5.11 Å². The Kier molecular flexibility index (Phi) is 7.51. The van der Waals surface area contributed by atoms with Crippen molar-refractivity contribution in [3.63, 3.8) is 0 Å². The zero-order valence-electron chi connectivity index (χ0n) is 15.3. The number of hydrogen-bond donors (Lipinski definition) is 1. The monoisotopic (exact) mass is 381 g/mol. The summed E-state index contributed by atoms with van der Waals surface area (Å²) in [5.41, 5.74) is 0.910. The summed E-state index contributed by atoms with van der Waals surface area (Å²) < 4.78 is 0. The summed E-state index contributed by atoms with van der Waals surface area (Å²) in [7, 11) is 0. The number of amides is 1. The van der Waals surface area contributed by atoms with Gasteiger partial charge in [0.25, 0.3) is 0 Å². The van der Waals surface area contributed by atoms with Crippen LogP contribution in [0.15, 0.2) is 24.3 Å². The standard InChI is InChI=1S/C19H28ClN3OS/c1-14(2)7-12-23(18-8-10-22(11-9-18)15(3)24)19(25)21-17-6-4-5-16(20)13-17/h4-6,13-14,18H,7-12H2,1-3H3,(H,21,25). The highest BCUT2D eigenvalue weighted by Gasteiger charge is 2.27. The SMILES string of the molecule is CC(=O)N1CCC(N(CCC(C)C)C(=S)Nc2cccc(Cl)c2)CC1. The molecule has 1 aliphatic heterocycles. The first-order valence-corrected chi connectivity index (χ1v) is 9.74. The van der Waals surface area contributed by atoms with E-state index in [1.165, 1.54) is 0 Å². The van der Waals surface area contributed by atoms with E-state index in [1.807, 2.05) is 29.2 Å². The van der Waals surface area contributed by atoms with E-state index in [1.54, 1.807) is 6.92 Å².